The first kappa shape index (κ1) is 30.4. The van der Waals surface area contributed by atoms with Crippen LogP contribution in [0.25, 0.3) is 0 Å². The number of nitrogens with zero attached hydrogens (tertiary/aromatic N) is 3. The maximum absolute atomic E-state index is 15.2. The number of carbonyl (C=O) groups excluding carboxylic acids is 5. The van der Waals surface area contributed by atoms with Gasteiger partial charge in [0.1, 0.15) is 31.4 Å². The fourth-order valence-electron chi connectivity index (χ4n) is 4.51. The van der Waals surface area contributed by atoms with Crippen LogP contribution in [0.1, 0.15) is 22.5 Å². The molecule has 0 saturated carbocycles. The quantitative estimate of drug-likeness (QED) is 0.282. The number of nitrogens with two attached hydrogens (primary N) is 1. The van der Waals surface area contributed by atoms with Crippen LogP contribution in [0.5, 0.6) is 0 Å². The van der Waals surface area contributed by atoms with Crippen molar-refractivity contribution in [3.63, 3.8) is 0 Å². The minimum absolute atomic E-state index is 0.0562. The van der Waals surface area contributed by atoms with Crippen LogP contribution in [0.15, 0.2) is 30.3 Å². The number of benzene rings is 1. The van der Waals surface area contributed by atoms with Gasteiger partial charge in [-0.1, -0.05) is 11.6 Å². The van der Waals surface area contributed by atoms with E-state index in [9.17, 15) is 24.0 Å². The molecule has 3 amide bonds. The molecule has 2 aliphatic heterocycles. The summed E-state index contributed by atoms with van der Waals surface area (Å²) in [5.74, 6) is -2.20. The van der Waals surface area contributed by atoms with Crippen LogP contribution in [0, 0.1) is 5.82 Å². The zero-order valence-corrected chi connectivity index (χ0v) is 23.4. The van der Waals surface area contributed by atoms with Gasteiger partial charge in [0, 0.05) is 18.7 Å². The van der Waals surface area contributed by atoms with Gasteiger partial charge in [-0.2, -0.15) is 0 Å². The summed E-state index contributed by atoms with van der Waals surface area (Å²) in [5, 5.41) is 0. The van der Waals surface area contributed by atoms with Crippen molar-refractivity contribution < 1.29 is 42.6 Å². The van der Waals surface area contributed by atoms with E-state index in [2.05, 4.69) is 0 Å². The third-order valence-electron chi connectivity index (χ3n) is 6.50. The highest BCUT2D eigenvalue weighted by Gasteiger charge is 2.38. The lowest BCUT2D eigenvalue weighted by atomic mass is 10.1. The average molecular weight is 611 g/mol. The molecule has 2 saturated heterocycles. The Kier molecular flexibility index (Phi) is 10.3. The van der Waals surface area contributed by atoms with Gasteiger partial charge in [0.2, 0.25) is 0 Å². The molecule has 3 heterocycles. The van der Waals surface area contributed by atoms with Crippen LogP contribution < -0.4 is 15.5 Å². The van der Waals surface area contributed by atoms with Crippen molar-refractivity contribution in [2.45, 2.75) is 25.0 Å². The lowest BCUT2D eigenvalue weighted by Crippen LogP contribution is -2.48. The largest absolute Gasteiger partial charge is 0.463 e. The second kappa shape index (κ2) is 13.9. The van der Waals surface area contributed by atoms with E-state index >= 15 is 4.39 Å². The van der Waals surface area contributed by atoms with Crippen molar-refractivity contribution in [3.8, 4) is 0 Å². The van der Waals surface area contributed by atoms with E-state index in [-0.39, 0.29) is 68.7 Å². The summed E-state index contributed by atoms with van der Waals surface area (Å²) in [6, 6.07) is 6.41. The molecule has 1 unspecified atom stereocenters. The maximum atomic E-state index is 15.2. The van der Waals surface area contributed by atoms with Crippen molar-refractivity contribution in [2.75, 3.05) is 55.8 Å². The van der Waals surface area contributed by atoms with Crippen LogP contribution >= 0.6 is 22.9 Å². The fourth-order valence-corrected chi connectivity index (χ4v) is 5.51. The number of hydrogen-bond donors (Lipinski definition) is 1. The van der Waals surface area contributed by atoms with Gasteiger partial charge in [0.25, 0.3) is 11.8 Å². The van der Waals surface area contributed by atoms with E-state index in [1.54, 1.807) is 6.07 Å². The second-order valence-electron chi connectivity index (χ2n) is 9.20. The molecule has 0 spiro atoms. The maximum Gasteiger partial charge on any atom is 0.414 e. The zero-order valence-electron chi connectivity index (χ0n) is 21.8. The number of rotatable bonds is 12. The SMILES string of the molecule is NCC(=O)OCC(CCC=O)N(C[C@H]1CN(c2ccc(N3CCOCC3=O)cc2F)C(=O)O1)C(=O)c1ccc(Cl)s1. The van der Waals surface area contributed by atoms with Crippen LogP contribution in [-0.4, -0.2) is 93.2 Å². The number of hydrogen-bond acceptors (Lipinski definition) is 10. The molecule has 15 heteroatoms. The summed E-state index contributed by atoms with van der Waals surface area (Å²) < 4.78 is 31.4. The number of cyclic esters (lactones) is 1. The van der Waals surface area contributed by atoms with Crippen molar-refractivity contribution in [3.05, 3.63) is 45.4 Å². The first-order valence-electron chi connectivity index (χ1n) is 12.7. The number of anilines is 2. The van der Waals surface area contributed by atoms with E-state index in [1.165, 1.54) is 28.0 Å². The molecule has 2 aromatic rings. The molecule has 0 aliphatic carbocycles. The molecule has 0 radical (unpaired) electrons. The number of esters is 1. The first-order valence-corrected chi connectivity index (χ1v) is 13.9. The number of amides is 3. The Hall–Kier alpha value is -3.59. The van der Waals surface area contributed by atoms with Crippen LogP contribution in [0.3, 0.4) is 0 Å². The summed E-state index contributed by atoms with van der Waals surface area (Å²) in [4.78, 5) is 65.5. The second-order valence-corrected chi connectivity index (χ2v) is 10.9. The van der Waals surface area contributed by atoms with Gasteiger partial charge in [-0.05, 0) is 36.8 Å². The fraction of sp³-hybridized carbons (Fsp3) is 0.423. The number of halogens is 2. The molecule has 1 aromatic carbocycles. The predicted molar refractivity (Wildman–Crippen MR) is 147 cm³/mol. The van der Waals surface area contributed by atoms with Crippen LogP contribution in [0.2, 0.25) is 4.34 Å². The van der Waals surface area contributed by atoms with E-state index in [4.69, 9.17) is 31.5 Å². The minimum Gasteiger partial charge on any atom is -0.463 e. The Bertz CT molecular complexity index is 1310. The molecule has 12 nitrogen and oxygen atoms in total. The van der Waals surface area contributed by atoms with Crippen LogP contribution in [-0.2, 0) is 28.6 Å². The molecular weight excluding hydrogens is 583 g/mol. The summed E-state index contributed by atoms with van der Waals surface area (Å²) in [7, 11) is 0. The monoisotopic (exact) mass is 610 g/mol. The summed E-state index contributed by atoms with van der Waals surface area (Å²) in [6.45, 7) is -0.344. The Balaban J connectivity index is 1.54. The van der Waals surface area contributed by atoms with Gasteiger partial charge < -0.3 is 34.5 Å². The Morgan fingerprint density at radius 2 is 2.07 bits per heavy atom. The standard InChI is InChI=1S/C26H28ClFN4O8S/c27-22-6-5-21(41-22)25(36)31(17(2-1-8-33)14-39-24(35)11-29)12-18-13-32(26(37)40-18)20-4-3-16(10-19(20)28)30-7-9-38-15-23(30)34/h3-6,8,10,17-18H,1-2,7,9,11-15,29H2/t17?,18-/m0/s1. The van der Waals surface area contributed by atoms with Gasteiger partial charge in [0.15, 0.2) is 0 Å². The molecule has 4 rings (SSSR count). The molecule has 220 valence electrons. The molecule has 0 bridgehead atoms. The third-order valence-corrected chi connectivity index (χ3v) is 7.72. The smallest absolute Gasteiger partial charge is 0.414 e. The van der Waals surface area contributed by atoms with E-state index < -0.39 is 35.9 Å². The molecule has 41 heavy (non-hydrogen) atoms. The van der Waals surface area contributed by atoms with Crippen molar-refractivity contribution >= 4 is 64.5 Å². The summed E-state index contributed by atoms with van der Waals surface area (Å²) >= 11 is 7.07. The molecule has 1 aromatic heterocycles. The highest BCUT2D eigenvalue weighted by Crippen LogP contribution is 2.30. The Morgan fingerprint density at radius 3 is 2.73 bits per heavy atom. The number of aldehydes is 1. The lowest BCUT2D eigenvalue weighted by Gasteiger charge is -2.32. The highest BCUT2D eigenvalue weighted by molar-refractivity contribution is 7.18. The van der Waals surface area contributed by atoms with Gasteiger partial charge >= 0.3 is 12.1 Å². The summed E-state index contributed by atoms with van der Waals surface area (Å²) in [6.07, 6.45) is -0.802. The topological polar surface area (TPSA) is 149 Å². The van der Waals surface area contributed by atoms with Gasteiger partial charge in [-0.25, -0.2) is 9.18 Å². The van der Waals surface area contributed by atoms with E-state index in [0.717, 1.165) is 22.3 Å². The summed E-state index contributed by atoms with van der Waals surface area (Å²) in [5.41, 5.74) is 5.61. The average Bonchev–Trinajstić information content (AvgIpc) is 3.56. The van der Waals surface area contributed by atoms with Crippen LogP contribution in [0.4, 0.5) is 20.6 Å². The zero-order chi connectivity index (χ0) is 29.5. The van der Waals surface area contributed by atoms with Crippen molar-refractivity contribution in [1.29, 1.82) is 0 Å². The lowest BCUT2D eigenvalue weighted by molar-refractivity contribution is -0.143. The molecular formula is C26H28ClFN4O8S. The predicted octanol–water partition coefficient (Wildman–Crippen LogP) is 2.22. The van der Waals surface area contributed by atoms with E-state index in [0.29, 0.717) is 22.9 Å². The highest BCUT2D eigenvalue weighted by atomic mass is 35.5. The number of carbonyl (C=O) groups is 5. The first-order chi connectivity index (χ1) is 19.7. The molecule has 2 fully saturated rings. The van der Waals surface area contributed by atoms with Gasteiger partial charge in [-0.15, -0.1) is 11.3 Å². The van der Waals surface area contributed by atoms with Gasteiger partial charge in [0.05, 0.1) is 47.2 Å². The minimum atomic E-state index is -0.884. The Morgan fingerprint density at radius 1 is 1.27 bits per heavy atom. The molecule has 2 N–H and O–H groups in total. The Labute approximate surface area is 243 Å². The normalized spacial score (nSPS) is 17.8. The van der Waals surface area contributed by atoms with Crippen molar-refractivity contribution in [2.24, 2.45) is 5.73 Å². The number of thiophene rings is 1. The number of morpholine rings is 1. The molecule has 2 aliphatic rings. The number of ether oxygens (including phenoxy) is 3. The third kappa shape index (κ3) is 7.38. The van der Waals surface area contributed by atoms with E-state index in [1.807, 2.05) is 0 Å². The van der Waals surface area contributed by atoms with Crippen molar-refractivity contribution in [1.82, 2.24) is 4.90 Å². The van der Waals surface area contributed by atoms with Gasteiger partial charge in [-0.3, -0.25) is 19.3 Å². The molecule has 2 atom stereocenters.